The molecule has 27 heavy (non-hydrogen) atoms. The molecule has 2 fully saturated rings. The molecule has 0 saturated carbocycles. The van der Waals surface area contributed by atoms with E-state index in [4.69, 9.17) is 9.47 Å². The lowest BCUT2D eigenvalue weighted by atomic mass is 10.1. The highest BCUT2D eigenvalue weighted by atomic mass is 16.5. The fourth-order valence-electron chi connectivity index (χ4n) is 3.70. The summed E-state index contributed by atoms with van der Waals surface area (Å²) in [7, 11) is 1.96. The van der Waals surface area contributed by atoms with E-state index in [1.165, 1.54) is 0 Å². The highest BCUT2D eigenvalue weighted by Gasteiger charge is 2.31. The highest BCUT2D eigenvalue weighted by Crippen LogP contribution is 2.24. The number of nitrogens with zero attached hydrogens (tertiary/aromatic N) is 3. The predicted molar refractivity (Wildman–Crippen MR) is 101 cm³/mol. The molecule has 1 N–H and O–H groups in total. The van der Waals surface area contributed by atoms with Crippen LogP contribution in [0.3, 0.4) is 0 Å². The van der Waals surface area contributed by atoms with Gasteiger partial charge in [0.25, 0.3) is 5.91 Å². The Morgan fingerprint density at radius 3 is 2.74 bits per heavy atom. The molecule has 2 aliphatic heterocycles. The second kappa shape index (κ2) is 8.10. The normalized spacial score (nSPS) is 21.2. The van der Waals surface area contributed by atoms with E-state index in [0.717, 1.165) is 44.2 Å². The first-order chi connectivity index (χ1) is 13.2. The fraction of sp³-hybridized carbons (Fsp3) is 0.500. The van der Waals surface area contributed by atoms with E-state index >= 15 is 0 Å². The SMILES string of the molecule is Cn1ccnc1C1CNCCN1C(=O)c1ccc(OC2CCOCC2)cc1. The zero-order valence-electron chi connectivity index (χ0n) is 15.6. The van der Waals surface area contributed by atoms with Crippen molar-refractivity contribution in [2.75, 3.05) is 32.8 Å². The number of carbonyl (C=O) groups is 1. The molecule has 2 aromatic rings. The third kappa shape index (κ3) is 3.99. The smallest absolute Gasteiger partial charge is 0.254 e. The van der Waals surface area contributed by atoms with Crippen LogP contribution in [0.4, 0.5) is 0 Å². The van der Waals surface area contributed by atoms with Gasteiger partial charge in [0.1, 0.15) is 23.7 Å². The number of rotatable bonds is 4. The molecule has 3 heterocycles. The summed E-state index contributed by atoms with van der Waals surface area (Å²) in [5.41, 5.74) is 0.676. The summed E-state index contributed by atoms with van der Waals surface area (Å²) in [6.45, 7) is 3.66. The molecule has 1 atom stereocenters. The van der Waals surface area contributed by atoms with Gasteiger partial charge in [-0.2, -0.15) is 0 Å². The van der Waals surface area contributed by atoms with Gasteiger partial charge < -0.3 is 24.3 Å². The van der Waals surface area contributed by atoms with Crippen molar-refractivity contribution in [2.24, 2.45) is 7.05 Å². The van der Waals surface area contributed by atoms with Crippen LogP contribution in [0.2, 0.25) is 0 Å². The monoisotopic (exact) mass is 370 g/mol. The lowest BCUT2D eigenvalue weighted by molar-refractivity contribution is 0.0255. The van der Waals surface area contributed by atoms with Gasteiger partial charge in [0.05, 0.1) is 13.2 Å². The minimum atomic E-state index is -0.0654. The molecule has 4 rings (SSSR count). The molecule has 0 radical (unpaired) electrons. The van der Waals surface area contributed by atoms with Gasteiger partial charge in [-0.05, 0) is 24.3 Å². The van der Waals surface area contributed by atoms with Crippen LogP contribution in [0.25, 0.3) is 0 Å². The molecule has 1 unspecified atom stereocenters. The number of carbonyl (C=O) groups excluding carboxylic acids is 1. The quantitative estimate of drug-likeness (QED) is 0.888. The number of benzene rings is 1. The minimum Gasteiger partial charge on any atom is -0.490 e. The molecule has 2 aliphatic rings. The fourth-order valence-corrected chi connectivity index (χ4v) is 3.70. The van der Waals surface area contributed by atoms with Crippen molar-refractivity contribution in [1.29, 1.82) is 0 Å². The average Bonchev–Trinajstić information content (AvgIpc) is 3.14. The molecule has 0 aliphatic carbocycles. The molecule has 2 saturated heterocycles. The minimum absolute atomic E-state index is 0.0297. The van der Waals surface area contributed by atoms with Crippen molar-refractivity contribution in [2.45, 2.75) is 25.0 Å². The number of amides is 1. The van der Waals surface area contributed by atoms with Crippen LogP contribution in [-0.4, -0.2) is 59.3 Å². The van der Waals surface area contributed by atoms with Crippen molar-refractivity contribution in [3.8, 4) is 5.75 Å². The average molecular weight is 370 g/mol. The summed E-state index contributed by atoms with van der Waals surface area (Å²) in [6.07, 6.45) is 5.70. The van der Waals surface area contributed by atoms with Gasteiger partial charge in [0.15, 0.2) is 0 Å². The number of hydrogen-bond acceptors (Lipinski definition) is 5. The summed E-state index contributed by atoms with van der Waals surface area (Å²) >= 11 is 0. The Morgan fingerprint density at radius 2 is 2.04 bits per heavy atom. The largest absolute Gasteiger partial charge is 0.490 e. The third-order valence-corrected chi connectivity index (χ3v) is 5.23. The van der Waals surface area contributed by atoms with Gasteiger partial charge >= 0.3 is 0 Å². The Morgan fingerprint density at radius 1 is 1.26 bits per heavy atom. The van der Waals surface area contributed by atoms with Crippen LogP contribution in [0, 0.1) is 0 Å². The first-order valence-corrected chi connectivity index (χ1v) is 9.56. The van der Waals surface area contributed by atoms with Crippen LogP contribution in [0.5, 0.6) is 5.75 Å². The van der Waals surface area contributed by atoms with Gasteiger partial charge in [-0.15, -0.1) is 0 Å². The molecule has 7 nitrogen and oxygen atoms in total. The Kier molecular flexibility index (Phi) is 5.40. The van der Waals surface area contributed by atoms with Crippen LogP contribution < -0.4 is 10.1 Å². The van der Waals surface area contributed by atoms with E-state index < -0.39 is 0 Å². The predicted octanol–water partition coefficient (Wildman–Crippen LogP) is 1.76. The van der Waals surface area contributed by atoms with Crippen molar-refractivity contribution in [3.05, 3.63) is 48.0 Å². The molecule has 1 aromatic heterocycles. The number of aryl methyl sites for hydroxylation is 1. The van der Waals surface area contributed by atoms with Crippen molar-refractivity contribution in [1.82, 2.24) is 19.8 Å². The van der Waals surface area contributed by atoms with Gasteiger partial charge in [-0.3, -0.25) is 4.79 Å². The molecular weight excluding hydrogens is 344 g/mol. The first kappa shape index (κ1) is 18.0. The molecule has 1 aromatic carbocycles. The molecule has 1 amide bonds. The van der Waals surface area contributed by atoms with E-state index in [-0.39, 0.29) is 18.1 Å². The summed E-state index contributed by atoms with van der Waals surface area (Å²) in [5.74, 6) is 1.73. The standard InChI is InChI=1S/C20H26N4O3/c1-23-10-9-22-19(23)18-14-21-8-11-24(18)20(25)15-2-4-16(5-3-15)27-17-6-12-26-13-7-17/h2-5,9-10,17-18,21H,6-8,11-14H2,1H3. The number of ether oxygens (including phenoxy) is 2. The number of piperazine rings is 1. The molecule has 0 spiro atoms. The topological polar surface area (TPSA) is 68.6 Å². The zero-order valence-corrected chi connectivity index (χ0v) is 15.6. The maximum absolute atomic E-state index is 13.1. The van der Waals surface area contributed by atoms with Crippen LogP contribution >= 0.6 is 0 Å². The lowest BCUT2D eigenvalue weighted by Crippen LogP contribution is -2.49. The summed E-state index contributed by atoms with van der Waals surface area (Å²) < 4.78 is 13.3. The van der Waals surface area contributed by atoms with Gasteiger partial charge in [-0.1, -0.05) is 0 Å². The van der Waals surface area contributed by atoms with Crippen molar-refractivity contribution >= 4 is 5.91 Å². The number of nitrogens with one attached hydrogen (secondary N) is 1. The number of imidazole rings is 1. The number of hydrogen-bond donors (Lipinski definition) is 1. The highest BCUT2D eigenvalue weighted by molar-refractivity contribution is 5.94. The van der Waals surface area contributed by atoms with E-state index in [2.05, 4.69) is 10.3 Å². The van der Waals surface area contributed by atoms with Crippen molar-refractivity contribution < 1.29 is 14.3 Å². The molecule has 144 valence electrons. The van der Waals surface area contributed by atoms with Gasteiger partial charge in [0, 0.05) is 57.5 Å². The van der Waals surface area contributed by atoms with Crippen molar-refractivity contribution in [3.63, 3.8) is 0 Å². The second-order valence-electron chi connectivity index (χ2n) is 7.07. The zero-order chi connectivity index (χ0) is 18.6. The molecule has 0 bridgehead atoms. The van der Waals surface area contributed by atoms with E-state index in [1.54, 1.807) is 6.20 Å². The Labute approximate surface area is 159 Å². The van der Waals surface area contributed by atoms with Gasteiger partial charge in [0.2, 0.25) is 0 Å². The van der Waals surface area contributed by atoms with E-state index in [0.29, 0.717) is 18.7 Å². The van der Waals surface area contributed by atoms with Crippen LogP contribution in [0.15, 0.2) is 36.7 Å². The number of aromatic nitrogens is 2. The van der Waals surface area contributed by atoms with Gasteiger partial charge in [-0.25, -0.2) is 4.98 Å². The van der Waals surface area contributed by atoms with Crippen LogP contribution in [-0.2, 0) is 11.8 Å². The maximum Gasteiger partial charge on any atom is 0.254 e. The summed E-state index contributed by atoms with van der Waals surface area (Å²) in [5, 5.41) is 3.36. The Hall–Kier alpha value is -2.38. The maximum atomic E-state index is 13.1. The second-order valence-corrected chi connectivity index (χ2v) is 7.07. The van der Waals surface area contributed by atoms with E-state index in [9.17, 15) is 4.79 Å². The Bertz CT molecular complexity index is 768. The summed E-state index contributed by atoms with van der Waals surface area (Å²) in [4.78, 5) is 19.5. The summed E-state index contributed by atoms with van der Waals surface area (Å²) in [6, 6.07) is 7.43. The molecular formula is C20H26N4O3. The van der Waals surface area contributed by atoms with Crippen LogP contribution in [0.1, 0.15) is 35.1 Å². The molecule has 7 heteroatoms. The first-order valence-electron chi connectivity index (χ1n) is 9.56. The van der Waals surface area contributed by atoms with E-state index in [1.807, 2.05) is 47.0 Å². The lowest BCUT2D eigenvalue weighted by Gasteiger charge is -2.35. The Balaban J connectivity index is 1.46. The third-order valence-electron chi connectivity index (χ3n) is 5.23.